The molecule has 0 aromatic heterocycles. The van der Waals surface area contributed by atoms with Crippen LogP contribution in [0.3, 0.4) is 0 Å². The van der Waals surface area contributed by atoms with Crippen molar-refractivity contribution in [2.24, 2.45) is 23.7 Å². The highest BCUT2D eigenvalue weighted by atomic mass is 28.4. The molecule has 0 saturated heterocycles. The highest BCUT2D eigenvalue weighted by Gasteiger charge is 2.50. The van der Waals surface area contributed by atoms with Crippen molar-refractivity contribution in [3.63, 3.8) is 0 Å². The summed E-state index contributed by atoms with van der Waals surface area (Å²) < 4.78 is 37.5. The fraction of sp³-hybridized carbons (Fsp3) is 0.696. The second kappa shape index (κ2) is 22.9. The van der Waals surface area contributed by atoms with Crippen LogP contribution in [0, 0.1) is 23.7 Å². The molecule has 56 heavy (non-hydrogen) atoms. The van der Waals surface area contributed by atoms with Gasteiger partial charge in [-0.05, 0) is 58.2 Å². The standard InChI is InChI=1S/C46H78O8Si2/c1-34(42(51-13)32-43(52-33-49-11)37(4)41(50-12)28-30-47)26-27-40(48)36(3)44(54-55(14,15)45(5,6)7)35(2)29-31-53-56(46(8,9)10,38-22-18-16-19-23-38)39-24-20-17-21-25-39/h16-25,30,34-37,41-44H,26-29,31-33H2,1-15H3/t34-,35+,36-,37-,41+,42+,43+,44+/m0/s1. The predicted octanol–water partition coefficient (Wildman–Crippen LogP) is 9.24. The average Bonchev–Trinajstić information content (AvgIpc) is 3.15. The first-order valence-corrected chi connectivity index (χ1v) is 25.6. The van der Waals surface area contributed by atoms with E-state index in [-0.39, 0.29) is 77.2 Å². The maximum Gasteiger partial charge on any atom is 0.261 e. The van der Waals surface area contributed by atoms with Crippen LogP contribution in [0.15, 0.2) is 60.7 Å². The monoisotopic (exact) mass is 815 g/mol. The predicted molar refractivity (Wildman–Crippen MR) is 235 cm³/mol. The van der Waals surface area contributed by atoms with Gasteiger partial charge >= 0.3 is 0 Å². The van der Waals surface area contributed by atoms with Crippen LogP contribution >= 0.6 is 0 Å². The molecule has 0 unspecified atom stereocenters. The molecule has 0 amide bonds. The summed E-state index contributed by atoms with van der Waals surface area (Å²) in [7, 11) is -0.0210. The molecule has 0 aliphatic carbocycles. The Morgan fingerprint density at radius 2 is 1.27 bits per heavy atom. The van der Waals surface area contributed by atoms with E-state index < -0.39 is 16.6 Å². The minimum atomic E-state index is -2.71. The van der Waals surface area contributed by atoms with Gasteiger partial charge in [0.1, 0.15) is 18.9 Å². The van der Waals surface area contributed by atoms with E-state index in [1.165, 1.54) is 10.4 Å². The molecule has 8 atom stereocenters. The summed E-state index contributed by atoms with van der Waals surface area (Å²) in [4.78, 5) is 25.6. The Kier molecular flexibility index (Phi) is 20.5. The van der Waals surface area contributed by atoms with Crippen molar-refractivity contribution in [3.05, 3.63) is 60.7 Å². The number of aldehydes is 1. The lowest BCUT2D eigenvalue weighted by Gasteiger charge is -2.44. The Hall–Kier alpha value is -2.03. The summed E-state index contributed by atoms with van der Waals surface area (Å²) in [6.07, 6.45) is 2.70. The molecule has 0 aliphatic heterocycles. The first kappa shape index (κ1) is 50.1. The summed E-state index contributed by atoms with van der Waals surface area (Å²) in [6, 6.07) is 21.5. The largest absolute Gasteiger partial charge is 0.413 e. The van der Waals surface area contributed by atoms with E-state index in [9.17, 15) is 9.59 Å². The van der Waals surface area contributed by atoms with Gasteiger partial charge in [-0.2, -0.15) is 0 Å². The van der Waals surface area contributed by atoms with E-state index in [0.29, 0.717) is 25.9 Å². The number of ether oxygens (including phenoxy) is 4. The maximum absolute atomic E-state index is 14.2. The summed E-state index contributed by atoms with van der Waals surface area (Å²) in [5, 5.41) is 2.40. The van der Waals surface area contributed by atoms with Crippen LogP contribution in [0.2, 0.25) is 23.2 Å². The van der Waals surface area contributed by atoms with E-state index in [2.05, 4.69) is 136 Å². The molecule has 0 N–H and O–H groups in total. The fourth-order valence-electron chi connectivity index (χ4n) is 7.76. The Labute approximate surface area is 343 Å². The van der Waals surface area contributed by atoms with E-state index in [1.807, 2.05) is 6.92 Å². The zero-order valence-corrected chi connectivity index (χ0v) is 39.7. The van der Waals surface area contributed by atoms with Gasteiger partial charge < -0.3 is 32.6 Å². The van der Waals surface area contributed by atoms with Crippen molar-refractivity contribution in [3.8, 4) is 0 Å². The molecule has 0 radical (unpaired) electrons. The number of carbonyl (C=O) groups excluding carboxylic acids is 2. The van der Waals surface area contributed by atoms with E-state index >= 15 is 0 Å². The van der Waals surface area contributed by atoms with E-state index in [1.54, 1.807) is 21.3 Å². The molecule has 0 fully saturated rings. The maximum atomic E-state index is 14.2. The van der Waals surface area contributed by atoms with Crippen LogP contribution in [-0.4, -0.2) is 87.8 Å². The van der Waals surface area contributed by atoms with Gasteiger partial charge in [0.25, 0.3) is 8.32 Å². The van der Waals surface area contributed by atoms with Crippen molar-refractivity contribution in [2.75, 3.05) is 34.7 Å². The molecule has 0 saturated carbocycles. The number of carbonyl (C=O) groups is 2. The number of Topliss-reactive ketones (excluding diaryl/α,β-unsaturated/α-hetero) is 1. The SMILES string of the molecule is COCO[C@H](C[C@@H](OC)[C@@H](C)CCC(=O)[C@H](C)[C@H](O[Si](C)(C)C(C)(C)C)[C@H](C)CCO[Si](c1ccccc1)(c1ccccc1)C(C)(C)C)[C@@H](C)[C@@H](CC=O)OC. The third-order valence-corrected chi connectivity index (χ3v) is 22.1. The number of rotatable bonds is 26. The second-order valence-electron chi connectivity index (χ2n) is 18.5. The van der Waals surface area contributed by atoms with Crippen LogP contribution in [0.5, 0.6) is 0 Å². The Morgan fingerprint density at radius 1 is 0.732 bits per heavy atom. The van der Waals surface area contributed by atoms with Crippen molar-refractivity contribution >= 4 is 39.1 Å². The van der Waals surface area contributed by atoms with Crippen LogP contribution in [0.4, 0.5) is 0 Å². The minimum absolute atomic E-state index is 0.00846. The van der Waals surface area contributed by atoms with Gasteiger partial charge in [0.05, 0.1) is 24.4 Å². The molecular weight excluding hydrogens is 737 g/mol. The molecular formula is C46H78O8Si2. The molecule has 318 valence electrons. The molecule has 0 spiro atoms. The number of benzene rings is 2. The fourth-order valence-corrected chi connectivity index (χ4v) is 13.8. The summed E-state index contributed by atoms with van der Waals surface area (Å²) in [5.41, 5.74) is 0. The van der Waals surface area contributed by atoms with Gasteiger partial charge in [-0.15, -0.1) is 0 Å². The lowest BCUT2D eigenvalue weighted by Crippen LogP contribution is -2.66. The third-order valence-electron chi connectivity index (χ3n) is 12.6. The Balaban J connectivity index is 2.31. The molecule has 10 heteroatoms. The van der Waals surface area contributed by atoms with Crippen LogP contribution in [0.1, 0.15) is 101 Å². The van der Waals surface area contributed by atoms with Crippen LogP contribution < -0.4 is 10.4 Å². The quantitative estimate of drug-likeness (QED) is 0.0528. The molecule has 0 heterocycles. The summed E-state index contributed by atoms with van der Waals surface area (Å²) >= 11 is 0. The van der Waals surface area contributed by atoms with Crippen LogP contribution in [-0.2, 0) is 37.4 Å². The highest BCUT2D eigenvalue weighted by Crippen LogP contribution is 2.41. The number of hydrogen-bond donors (Lipinski definition) is 0. The number of methoxy groups -OCH3 is 3. The Morgan fingerprint density at radius 3 is 1.71 bits per heavy atom. The lowest BCUT2D eigenvalue weighted by molar-refractivity contribution is -0.132. The first-order chi connectivity index (χ1) is 26.2. The lowest BCUT2D eigenvalue weighted by atomic mass is 9.84. The molecule has 2 rings (SSSR count). The first-order valence-electron chi connectivity index (χ1n) is 20.8. The molecule has 0 bridgehead atoms. The minimum Gasteiger partial charge on any atom is -0.413 e. The van der Waals surface area contributed by atoms with Crippen molar-refractivity contribution in [1.82, 2.24) is 0 Å². The number of ketones is 1. The highest BCUT2D eigenvalue weighted by molar-refractivity contribution is 6.99. The van der Waals surface area contributed by atoms with E-state index in [0.717, 1.165) is 12.7 Å². The van der Waals surface area contributed by atoms with Crippen molar-refractivity contribution in [2.45, 2.75) is 149 Å². The van der Waals surface area contributed by atoms with Gasteiger partial charge in [-0.1, -0.05) is 130 Å². The van der Waals surface area contributed by atoms with Gasteiger partial charge in [0, 0.05) is 59.0 Å². The summed E-state index contributed by atoms with van der Waals surface area (Å²) in [5.74, 6) is 0.0268. The van der Waals surface area contributed by atoms with Crippen molar-refractivity contribution in [1.29, 1.82) is 0 Å². The van der Waals surface area contributed by atoms with Crippen molar-refractivity contribution < 1.29 is 37.4 Å². The second-order valence-corrected chi connectivity index (χ2v) is 27.6. The average molecular weight is 815 g/mol. The molecule has 2 aromatic rings. The van der Waals surface area contributed by atoms with E-state index in [4.69, 9.17) is 27.8 Å². The van der Waals surface area contributed by atoms with Gasteiger partial charge in [0.2, 0.25) is 0 Å². The molecule has 0 aliphatic rings. The van der Waals surface area contributed by atoms with Gasteiger partial charge in [-0.25, -0.2) is 0 Å². The summed E-state index contributed by atoms with van der Waals surface area (Å²) in [6.45, 7) is 27.4. The smallest absolute Gasteiger partial charge is 0.261 e. The molecule has 8 nitrogen and oxygen atoms in total. The molecule has 2 aromatic carbocycles. The van der Waals surface area contributed by atoms with Gasteiger partial charge in [0.15, 0.2) is 8.32 Å². The van der Waals surface area contributed by atoms with Gasteiger partial charge in [-0.3, -0.25) is 4.79 Å². The third kappa shape index (κ3) is 13.5. The van der Waals surface area contributed by atoms with Crippen LogP contribution in [0.25, 0.3) is 0 Å². The topological polar surface area (TPSA) is 89.5 Å². The Bertz CT molecular complexity index is 1370. The number of hydrogen-bond acceptors (Lipinski definition) is 8. The normalized spacial score (nSPS) is 17.3. The zero-order valence-electron chi connectivity index (χ0n) is 37.7. The zero-order chi connectivity index (χ0) is 42.3.